The van der Waals surface area contributed by atoms with Gasteiger partial charge in [-0.3, -0.25) is 9.59 Å². The Morgan fingerprint density at radius 3 is 2.41 bits per heavy atom. The number of hydrogen-bond acceptors (Lipinski definition) is 3. The number of unbranched alkanes of at least 4 members (excludes halogenated alkanes) is 6. The summed E-state index contributed by atoms with van der Waals surface area (Å²) in [6.07, 6.45) is 8.56. The van der Waals surface area contributed by atoms with Crippen molar-refractivity contribution < 1.29 is 14.3 Å². The Morgan fingerprint density at radius 1 is 0.889 bits per heavy atom. The molecule has 0 atom stereocenters. The van der Waals surface area contributed by atoms with Crippen LogP contribution in [0.5, 0.6) is 0 Å². The first-order valence-electron chi connectivity index (χ1n) is 10.1. The van der Waals surface area contributed by atoms with Crippen molar-refractivity contribution in [3.8, 4) is 0 Å². The van der Waals surface area contributed by atoms with Crippen molar-refractivity contribution >= 4 is 22.6 Å². The van der Waals surface area contributed by atoms with Crippen molar-refractivity contribution in [1.29, 1.82) is 0 Å². The fraction of sp³-hybridized carbons (Fsp3) is 0.478. The van der Waals surface area contributed by atoms with Gasteiger partial charge in [0.15, 0.2) is 0 Å². The molecule has 0 spiro atoms. The zero-order chi connectivity index (χ0) is 19.3. The summed E-state index contributed by atoms with van der Waals surface area (Å²) in [6, 6.07) is 13.4. The molecule has 1 amide bonds. The van der Waals surface area contributed by atoms with Gasteiger partial charge in [-0.2, -0.15) is 0 Å². The van der Waals surface area contributed by atoms with Crippen LogP contribution in [0.4, 0.5) is 0 Å². The average Bonchev–Trinajstić information content (AvgIpc) is 2.69. The van der Waals surface area contributed by atoms with Crippen LogP contribution in [0.15, 0.2) is 42.5 Å². The lowest BCUT2D eigenvalue weighted by molar-refractivity contribution is -0.143. The Labute approximate surface area is 162 Å². The maximum absolute atomic E-state index is 12.4. The van der Waals surface area contributed by atoms with Gasteiger partial charge in [0, 0.05) is 12.1 Å². The lowest BCUT2D eigenvalue weighted by Crippen LogP contribution is -2.26. The van der Waals surface area contributed by atoms with Gasteiger partial charge in [0.1, 0.15) is 0 Å². The molecular weight excluding hydrogens is 338 g/mol. The molecule has 2 aromatic rings. The molecule has 0 radical (unpaired) electrons. The highest BCUT2D eigenvalue weighted by atomic mass is 16.5. The Bertz CT molecular complexity index is 721. The van der Waals surface area contributed by atoms with E-state index in [-0.39, 0.29) is 24.8 Å². The number of amides is 1. The number of nitrogens with one attached hydrogen (secondary N) is 1. The molecule has 146 valence electrons. The number of fused-ring (bicyclic) bond motifs is 1. The van der Waals surface area contributed by atoms with Crippen LogP contribution in [0.1, 0.15) is 68.6 Å². The number of carbonyl (C=O) groups is 2. The van der Waals surface area contributed by atoms with Gasteiger partial charge < -0.3 is 10.1 Å². The standard InChI is InChI=1S/C23H31NO3/c1-2-3-4-5-6-7-10-18-27-22(25)16-17-24-23(26)21-15-11-13-19-12-8-9-14-20(19)21/h8-9,11-15H,2-7,10,16-18H2,1H3,(H,24,26). The second kappa shape index (κ2) is 12.1. The monoisotopic (exact) mass is 369 g/mol. The minimum absolute atomic E-state index is 0.160. The minimum Gasteiger partial charge on any atom is -0.466 e. The number of hydrogen-bond donors (Lipinski definition) is 1. The van der Waals surface area contributed by atoms with Gasteiger partial charge in [0.2, 0.25) is 0 Å². The summed E-state index contributed by atoms with van der Waals surface area (Å²) >= 11 is 0. The van der Waals surface area contributed by atoms with E-state index in [2.05, 4.69) is 12.2 Å². The van der Waals surface area contributed by atoms with Gasteiger partial charge in [0.05, 0.1) is 13.0 Å². The molecule has 0 heterocycles. The van der Waals surface area contributed by atoms with Gasteiger partial charge in [-0.15, -0.1) is 0 Å². The molecule has 0 saturated carbocycles. The molecule has 0 saturated heterocycles. The van der Waals surface area contributed by atoms with Crippen LogP contribution in [0.25, 0.3) is 10.8 Å². The van der Waals surface area contributed by atoms with E-state index in [1.165, 1.54) is 32.1 Å². The predicted octanol–water partition coefficient (Wildman–Crippen LogP) is 5.25. The molecule has 0 aliphatic heterocycles. The molecule has 0 aliphatic rings. The topological polar surface area (TPSA) is 55.4 Å². The quantitative estimate of drug-likeness (QED) is 0.410. The number of carbonyl (C=O) groups excluding carboxylic acids is 2. The lowest BCUT2D eigenvalue weighted by Gasteiger charge is -2.08. The van der Waals surface area contributed by atoms with Crippen LogP contribution in [-0.4, -0.2) is 25.0 Å². The van der Waals surface area contributed by atoms with E-state index in [4.69, 9.17) is 4.74 Å². The summed E-state index contributed by atoms with van der Waals surface area (Å²) in [6.45, 7) is 2.98. The number of rotatable bonds is 12. The highest BCUT2D eigenvalue weighted by Gasteiger charge is 2.10. The van der Waals surface area contributed by atoms with E-state index >= 15 is 0 Å². The first-order valence-corrected chi connectivity index (χ1v) is 10.1. The van der Waals surface area contributed by atoms with E-state index in [0.717, 1.165) is 23.6 Å². The average molecular weight is 370 g/mol. The van der Waals surface area contributed by atoms with Crippen molar-refractivity contribution in [2.45, 2.75) is 58.3 Å². The molecule has 27 heavy (non-hydrogen) atoms. The molecule has 1 N–H and O–H groups in total. The zero-order valence-electron chi connectivity index (χ0n) is 16.3. The third kappa shape index (κ3) is 7.41. The van der Waals surface area contributed by atoms with Crippen molar-refractivity contribution in [2.24, 2.45) is 0 Å². The summed E-state index contributed by atoms with van der Waals surface area (Å²) in [5.41, 5.74) is 0.629. The number of ether oxygens (including phenoxy) is 1. The van der Waals surface area contributed by atoms with Crippen molar-refractivity contribution in [3.63, 3.8) is 0 Å². The van der Waals surface area contributed by atoms with Crippen LogP contribution in [0, 0.1) is 0 Å². The highest BCUT2D eigenvalue weighted by Crippen LogP contribution is 2.18. The van der Waals surface area contributed by atoms with Crippen LogP contribution in [-0.2, 0) is 9.53 Å². The van der Waals surface area contributed by atoms with E-state index in [9.17, 15) is 9.59 Å². The van der Waals surface area contributed by atoms with Gasteiger partial charge in [-0.1, -0.05) is 81.8 Å². The van der Waals surface area contributed by atoms with Gasteiger partial charge in [-0.25, -0.2) is 0 Å². The molecule has 0 aromatic heterocycles. The maximum Gasteiger partial charge on any atom is 0.307 e. The fourth-order valence-electron chi connectivity index (χ4n) is 3.11. The lowest BCUT2D eigenvalue weighted by atomic mass is 10.0. The molecule has 2 rings (SSSR count). The molecule has 2 aromatic carbocycles. The number of esters is 1. The molecule has 0 aliphatic carbocycles. The largest absolute Gasteiger partial charge is 0.466 e. The Kier molecular flexibility index (Phi) is 9.39. The van der Waals surface area contributed by atoms with Gasteiger partial charge >= 0.3 is 5.97 Å². The second-order valence-corrected chi connectivity index (χ2v) is 6.87. The van der Waals surface area contributed by atoms with Gasteiger partial charge in [0.25, 0.3) is 5.91 Å². The molecule has 4 heteroatoms. The minimum atomic E-state index is -0.251. The van der Waals surface area contributed by atoms with E-state index in [1.807, 2.05) is 36.4 Å². The molecular formula is C23H31NO3. The summed E-state index contributed by atoms with van der Waals surface area (Å²) < 4.78 is 5.24. The summed E-state index contributed by atoms with van der Waals surface area (Å²) in [4.78, 5) is 24.2. The second-order valence-electron chi connectivity index (χ2n) is 6.87. The first kappa shape index (κ1) is 20.9. The SMILES string of the molecule is CCCCCCCCCOC(=O)CCNC(=O)c1cccc2ccccc12. The Morgan fingerprint density at radius 2 is 1.59 bits per heavy atom. The van der Waals surface area contributed by atoms with Crippen LogP contribution in [0.2, 0.25) is 0 Å². The zero-order valence-corrected chi connectivity index (χ0v) is 16.3. The molecule has 0 fully saturated rings. The first-order chi connectivity index (χ1) is 13.2. The summed E-state index contributed by atoms with van der Waals surface area (Å²) in [7, 11) is 0. The fourth-order valence-corrected chi connectivity index (χ4v) is 3.11. The third-order valence-electron chi connectivity index (χ3n) is 4.66. The maximum atomic E-state index is 12.4. The normalized spacial score (nSPS) is 10.7. The third-order valence-corrected chi connectivity index (χ3v) is 4.66. The van der Waals surface area contributed by atoms with Crippen LogP contribution in [0.3, 0.4) is 0 Å². The van der Waals surface area contributed by atoms with Gasteiger partial charge in [-0.05, 0) is 23.3 Å². The smallest absolute Gasteiger partial charge is 0.307 e. The van der Waals surface area contributed by atoms with Crippen LogP contribution >= 0.6 is 0 Å². The summed E-state index contributed by atoms with van der Waals surface area (Å²) in [5, 5.41) is 4.76. The Hall–Kier alpha value is -2.36. The predicted molar refractivity (Wildman–Crippen MR) is 110 cm³/mol. The Balaban J connectivity index is 1.61. The number of benzene rings is 2. The van der Waals surface area contributed by atoms with Crippen LogP contribution < -0.4 is 5.32 Å². The molecule has 0 unspecified atom stereocenters. The molecule has 4 nitrogen and oxygen atoms in total. The van der Waals surface area contributed by atoms with E-state index in [0.29, 0.717) is 12.2 Å². The highest BCUT2D eigenvalue weighted by molar-refractivity contribution is 6.07. The van der Waals surface area contributed by atoms with Crippen molar-refractivity contribution in [3.05, 3.63) is 48.0 Å². The van der Waals surface area contributed by atoms with Crippen molar-refractivity contribution in [1.82, 2.24) is 5.32 Å². The van der Waals surface area contributed by atoms with E-state index < -0.39 is 0 Å². The molecule has 0 bridgehead atoms. The summed E-state index contributed by atoms with van der Waals surface area (Å²) in [5.74, 6) is -0.411. The van der Waals surface area contributed by atoms with E-state index in [1.54, 1.807) is 6.07 Å². The van der Waals surface area contributed by atoms with Crippen molar-refractivity contribution in [2.75, 3.05) is 13.2 Å².